The first-order valence-electron chi connectivity index (χ1n) is 7.99. The van der Waals surface area contributed by atoms with Crippen LogP contribution in [0.5, 0.6) is 0 Å². The standard InChI is InChI=1S/C21H18B/c1-4-10-19-16(7-1)13-14-17-8-3-6-12-21(17)22-15-18-9-2-5-11-20(18)19/h1-12H,13-15H2. The van der Waals surface area contributed by atoms with Gasteiger partial charge in [0, 0.05) is 0 Å². The SMILES string of the molecule is [B]1Cc2ccccc2-c2ccccc2CCc2ccccc21. The van der Waals surface area contributed by atoms with Crippen molar-refractivity contribution in [3.05, 3.63) is 89.5 Å². The van der Waals surface area contributed by atoms with E-state index >= 15 is 0 Å². The van der Waals surface area contributed by atoms with Gasteiger partial charge in [-0.05, 0) is 41.4 Å². The molecule has 0 spiro atoms. The fourth-order valence-corrected chi connectivity index (χ4v) is 3.41. The van der Waals surface area contributed by atoms with E-state index in [4.69, 9.17) is 0 Å². The lowest BCUT2D eigenvalue weighted by molar-refractivity contribution is 0.966. The Morgan fingerprint density at radius 3 is 1.91 bits per heavy atom. The number of hydrogen-bond acceptors (Lipinski definition) is 0. The maximum atomic E-state index is 2.38. The molecule has 1 aliphatic rings. The van der Waals surface area contributed by atoms with Crippen LogP contribution in [-0.4, -0.2) is 7.28 Å². The zero-order valence-corrected chi connectivity index (χ0v) is 12.6. The van der Waals surface area contributed by atoms with Crippen molar-refractivity contribution in [2.75, 3.05) is 0 Å². The third-order valence-electron chi connectivity index (χ3n) is 4.59. The summed E-state index contributed by atoms with van der Waals surface area (Å²) in [6.07, 6.45) is 3.18. The molecular formula is C21H18B. The molecule has 1 aliphatic heterocycles. The van der Waals surface area contributed by atoms with Crippen LogP contribution in [0.25, 0.3) is 11.1 Å². The Balaban J connectivity index is 1.87. The van der Waals surface area contributed by atoms with Gasteiger partial charge in [0.1, 0.15) is 0 Å². The van der Waals surface area contributed by atoms with Gasteiger partial charge in [0.15, 0.2) is 7.28 Å². The Kier molecular flexibility index (Phi) is 3.56. The summed E-state index contributed by atoms with van der Waals surface area (Å²) < 4.78 is 0. The van der Waals surface area contributed by atoms with Gasteiger partial charge in [-0.1, -0.05) is 83.8 Å². The molecule has 1 heteroatoms. The summed E-state index contributed by atoms with van der Waals surface area (Å²) in [6.45, 7) is 0. The molecule has 3 aromatic carbocycles. The van der Waals surface area contributed by atoms with Crippen LogP contribution in [0, 0.1) is 0 Å². The number of rotatable bonds is 0. The highest BCUT2D eigenvalue weighted by molar-refractivity contribution is 6.53. The Hall–Kier alpha value is -2.28. The van der Waals surface area contributed by atoms with E-state index < -0.39 is 0 Å². The van der Waals surface area contributed by atoms with E-state index in [2.05, 4.69) is 80.1 Å². The number of aryl methyl sites for hydroxylation is 2. The highest BCUT2D eigenvalue weighted by Gasteiger charge is 2.13. The van der Waals surface area contributed by atoms with Gasteiger partial charge in [0.25, 0.3) is 0 Å². The molecule has 0 amide bonds. The predicted octanol–water partition coefficient (Wildman–Crippen LogP) is 3.98. The number of benzene rings is 3. The van der Waals surface area contributed by atoms with Gasteiger partial charge < -0.3 is 0 Å². The molecule has 4 rings (SSSR count). The zero-order valence-electron chi connectivity index (χ0n) is 12.6. The molecule has 0 saturated heterocycles. The normalized spacial score (nSPS) is 13.3. The van der Waals surface area contributed by atoms with Crippen molar-refractivity contribution in [1.82, 2.24) is 0 Å². The third kappa shape index (κ3) is 2.48. The van der Waals surface area contributed by atoms with Gasteiger partial charge >= 0.3 is 0 Å². The molecule has 0 saturated carbocycles. The fraction of sp³-hybridized carbons (Fsp3) is 0.143. The molecule has 0 aliphatic carbocycles. The first-order valence-corrected chi connectivity index (χ1v) is 7.99. The van der Waals surface area contributed by atoms with Crippen LogP contribution in [-0.2, 0) is 19.2 Å². The van der Waals surface area contributed by atoms with Gasteiger partial charge in [0.05, 0.1) is 0 Å². The summed E-state index contributed by atoms with van der Waals surface area (Å²) in [4.78, 5) is 0. The van der Waals surface area contributed by atoms with E-state index in [-0.39, 0.29) is 0 Å². The van der Waals surface area contributed by atoms with Crippen LogP contribution in [0.15, 0.2) is 72.8 Å². The van der Waals surface area contributed by atoms with Gasteiger partial charge in [-0.25, -0.2) is 0 Å². The lowest BCUT2D eigenvalue weighted by Crippen LogP contribution is -2.22. The Morgan fingerprint density at radius 2 is 1.09 bits per heavy atom. The average Bonchev–Trinajstić information content (AvgIpc) is 2.59. The van der Waals surface area contributed by atoms with Crippen LogP contribution < -0.4 is 5.46 Å². The van der Waals surface area contributed by atoms with E-state index in [1.54, 1.807) is 0 Å². The predicted molar refractivity (Wildman–Crippen MR) is 94.8 cm³/mol. The van der Waals surface area contributed by atoms with Gasteiger partial charge in [-0.2, -0.15) is 0 Å². The molecule has 0 nitrogen and oxygen atoms in total. The van der Waals surface area contributed by atoms with Crippen molar-refractivity contribution in [3.8, 4) is 11.1 Å². The molecule has 0 aromatic heterocycles. The molecule has 1 heterocycles. The van der Waals surface area contributed by atoms with Crippen molar-refractivity contribution in [2.45, 2.75) is 19.2 Å². The monoisotopic (exact) mass is 281 g/mol. The fourth-order valence-electron chi connectivity index (χ4n) is 3.41. The second-order valence-corrected chi connectivity index (χ2v) is 5.92. The quantitative estimate of drug-likeness (QED) is 0.547. The molecular weight excluding hydrogens is 263 g/mol. The van der Waals surface area contributed by atoms with Crippen molar-refractivity contribution in [3.63, 3.8) is 0 Å². The molecule has 105 valence electrons. The summed E-state index contributed by atoms with van der Waals surface area (Å²) in [7, 11) is 2.38. The zero-order chi connectivity index (χ0) is 14.8. The second kappa shape index (κ2) is 5.85. The maximum Gasteiger partial charge on any atom is 0.156 e. The molecule has 3 aromatic rings. The number of fused-ring (bicyclic) bond motifs is 4. The van der Waals surface area contributed by atoms with E-state index in [1.165, 1.54) is 33.3 Å². The van der Waals surface area contributed by atoms with Crippen molar-refractivity contribution >= 4 is 12.7 Å². The van der Waals surface area contributed by atoms with Crippen LogP contribution in [0.2, 0.25) is 0 Å². The average molecular weight is 281 g/mol. The van der Waals surface area contributed by atoms with Crippen LogP contribution >= 0.6 is 0 Å². The van der Waals surface area contributed by atoms with Gasteiger partial charge in [-0.3, -0.25) is 0 Å². The third-order valence-corrected chi connectivity index (χ3v) is 4.59. The minimum Gasteiger partial charge on any atom is -0.0843 e. The highest BCUT2D eigenvalue weighted by atomic mass is 14.1. The van der Waals surface area contributed by atoms with Gasteiger partial charge in [-0.15, -0.1) is 0 Å². The van der Waals surface area contributed by atoms with E-state index in [0.717, 1.165) is 19.2 Å². The second-order valence-electron chi connectivity index (χ2n) is 5.92. The molecule has 0 unspecified atom stereocenters. The molecule has 0 atom stereocenters. The first kappa shape index (κ1) is 13.4. The topological polar surface area (TPSA) is 0 Å². The highest BCUT2D eigenvalue weighted by Crippen LogP contribution is 2.28. The summed E-state index contributed by atoms with van der Waals surface area (Å²) in [5.74, 6) is 0. The molecule has 0 N–H and O–H groups in total. The molecule has 1 radical (unpaired) electrons. The molecule has 0 fully saturated rings. The Labute approximate surface area is 133 Å². The number of hydrogen-bond donors (Lipinski definition) is 0. The van der Waals surface area contributed by atoms with Crippen LogP contribution in [0.4, 0.5) is 0 Å². The van der Waals surface area contributed by atoms with E-state index in [1.807, 2.05) is 0 Å². The largest absolute Gasteiger partial charge is 0.156 e. The van der Waals surface area contributed by atoms with E-state index in [9.17, 15) is 0 Å². The first-order chi connectivity index (χ1) is 10.9. The lowest BCUT2D eigenvalue weighted by Gasteiger charge is -2.17. The van der Waals surface area contributed by atoms with E-state index in [0.29, 0.717) is 0 Å². The van der Waals surface area contributed by atoms with Crippen molar-refractivity contribution in [1.29, 1.82) is 0 Å². The summed E-state index contributed by atoms with van der Waals surface area (Å²) in [5.41, 5.74) is 8.48. The smallest absolute Gasteiger partial charge is 0.0843 e. The van der Waals surface area contributed by atoms with Crippen molar-refractivity contribution < 1.29 is 0 Å². The molecule has 22 heavy (non-hydrogen) atoms. The lowest BCUT2D eigenvalue weighted by atomic mass is 9.62. The summed E-state index contributed by atoms with van der Waals surface area (Å²) >= 11 is 0. The minimum atomic E-state index is 0.988. The maximum absolute atomic E-state index is 2.38. The Morgan fingerprint density at radius 1 is 0.545 bits per heavy atom. The van der Waals surface area contributed by atoms with Crippen molar-refractivity contribution in [2.24, 2.45) is 0 Å². The van der Waals surface area contributed by atoms with Crippen LogP contribution in [0.1, 0.15) is 16.7 Å². The minimum absolute atomic E-state index is 0.988. The van der Waals surface area contributed by atoms with Crippen LogP contribution in [0.3, 0.4) is 0 Å². The Bertz CT molecular complexity index is 736. The summed E-state index contributed by atoms with van der Waals surface area (Å²) in [6, 6.07) is 26.5. The molecule has 0 bridgehead atoms. The summed E-state index contributed by atoms with van der Waals surface area (Å²) in [5, 5.41) is 0. The van der Waals surface area contributed by atoms with Gasteiger partial charge in [0.2, 0.25) is 0 Å².